The molecule has 2 aliphatic rings. The van der Waals surface area contributed by atoms with Gasteiger partial charge in [0.25, 0.3) is 5.91 Å². The molecule has 0 aromatic rings. The summed E-state index contributed by atoms with van der Waals surface area (Å²) >= 11 is 0. The van der Waals surface area contributed by atoms with E-state index in [-0.39, 0.29) is 37.4 Å². The molecule has 2 N–H and O–H groups in total. The predicted octanol–water partition coefficient (Wildman–Crippen LogP) is 0.0803. The molecule has 0 aromatic carbocycles. The number of aliphatic hydroxyl groups excluding tert-OH is 1. The van der Waals surface area contributed by atoms with Crippen LogP contribution in [0.2, 0.25) is 0 Å². The number of nitrogens with one attached hydrogen (secondary N) is 1. The second kappa shape index (κ2) is 6.01. The maximum Gasteiger partial charge on any atom is 0.325 e. The minimum atomic E-state index is -0.904. The molecule has 0 bridgehead atoms. The fraction of sp³-hybridized carbons (Fsp3) is 0.786. The Morgan fingerprint density at radius 1 is 1.43 bits per heavy atom. The Labute approximate surface area is 124 Å². The van der Waals surface area contributed by atoms with Crippen molar-refractivity contribution in [1.82, 2.24) is 15.1 Å². The lowest BCUT2D eigenvalue weighted by Crippen LogP contribution is -2.47. The second-order valence-electron chi connectivity index (χ2n) is 6.16. The van der Waals surface area contributed by atoms with Gasteiger partial charge in [-0.3, -0.25) is 14.5 Å². The van der Waals surface area contributed by atoms with Gasteiger partial charge in [-0.2, -0.15) is 0 Å². The lowest BCUT2D eigenvalue weighted by molar-refractivity contribution is -0.137. The largest absolute Gasteiger partial charge is 0.395 e. The van der Waals surface area contributed by atoms with Crippen molar-refractivity contribution in [2.75, 3.05) is 19.7 Å². The van der Waals surface area contributed by atoms with Gasteiger partial charge in [-0.25, -0.2) is 4.79 Å². The third kappa shape index (κ3) is 3.18. The highest BCUT2D eigenvalue weighted by molar-refractivity contribution is 6.06. The third-order valence-electron chi connectivity index (χ3n) is 4.17. The van der Waals surface area contributed by atoms with E-state index < -0.39 is 11.6 Å². The number of carbonyl (C=O) groups excluding carboxylic acids is 3. The number of imide groups is 1. The van der Waals surface area contributed by atoms with Crippen LogP contribution in [0.4, 0.5) is 4.79 Å². The van der Waals surface area contributed by atoms with E-state index in [2.05, 4.69) is 5.32 Å². The predicted molar refractivity (Wildman–Crippen MR) is 75.4 cm³/mol. The van der Waals surface area contributed by atoms with E-state index in [9.17, 15) is 14.4 Å². The summed E-state index contributed by atoms with van der Waals surface area (Å²) in [7, 11) is 0. The van der Waals surface area contributed by atoms with Gasteiger partial charge in [0, 0.05) is 25.6 Å². The molecule has 2 rings (SSSR count). The Balaban J connectivity index is 1.91. The molecule has 21 heavy (non-hydrogen) atoms. The monoisotopic (exact) mass is 297 g/mol. The summed E-state index contributed by atoms with van der Waals surface area (Å²) in [5.74, 6) is -0.420. The summed E-state index contributed by atoms with van der Waals surface area (Å²) in [5.41, 5.74) is -0.904. The van der Waals surface area contributed by atoms with Crippen LogP contribution in [0.3, 0.4) is 0 Å². The van der Waals surface area contributed by atoms with Crippen molar-refractivity contribution in [2.24, 2.45) is 0 Å². The van der Waals surface area contributed by atoms with Crippen molar-refractivity contribution in [1.29, 1.82) is 0 Å². The molecule has 1 aliphatic carbocycles. The maximum atomic E-state index is 12.2. The Morgan fingerprint density at radius 2 is 2.10 bits per heavy atom. The normalized spacial score (nSPS) is 21.2. The average molecular weight is 297 g/mol. The molecule has 7 nitrogen and oxygen atoms in total. The third-order valence-corrected chi connectivity index (χ3v) is 4.17. The summed E-state index contributed by atoms with van der Waals surface area (Å²) < 4.78 is 0. The Bertz CT molecular complexity index is 446. The van der Waals surface area contributed by atoms with Crippen LogP contribution in [0.15, 0.2) is 0 Å². The molecule has 0 atom stereocenters. The Hall–Kier alpha value is -1.63. The minimum Gasteiger partial charge on any atom is -0.395 e. The maximum absolute atomic E-state index is 12.2. The molecular weight excluding hydrogens is 274 g/mol. The Kier molecular flexibility index (Phi) is 4.51. The van der Waals surface area contributed by atoms with Gasteiger partial charge in [-0.15, -0.1) is 0 Å². The van der Waals surface area contributed by atoms with Gasteiger partial charge in [0.2, 0.25) is 5.91 Å². The lowest BCUT2D eigenvalue weighted by atomic mass is 9.91. The molecule has 118 valence electrons. The first-order valence-corrected chi connectivity index (χ1v) is 7.41. The molecule has 0 aromatic heterocycles. The number of rotatable bonds is 6. The Morgan fingerprint density at radius 3 is 2.52 bits per heavy atom. The van der Waals surface area contributed by atoms with Gasteiger partial charge in [0.1, 0.15) is 5.54 Å². The molecule has 1 aliphatic heterocycles. The van der Waals surface area contributed by atoms with Crippen molar-refractivity contribution < 1.29 is 19.5 Å². The number of nitrogens with zero attached hydrogens (tertiary/aromatic N) is 2. The number of hydrogen-bond acceptors (Lipinski definition) is 4. The number of hydrogen-bond donors (Lipinski definition) is 2. The van der Waals surface area contributed by atoms with Crippen molar-refractivity contribution >= 4 is 17.8 Å². The zero-order chi connectivity index (χ0) is 15.6. The van der Waals surface area contributed by atoms with E-state index in [0.717, 1.165) is 24.2 Å². The van der Waals surface area contributed by atoms with E-state index in [1.54, 1.807) is 18.7 Å². The van der Waals surface area contributed by atoms with E-state index in [1.807, 2.05) is 0 Å². The first-order valence-electron chi connectivity index (χ1n) is 7.41. The molecule has 1 heterocycles. The zero-order valence-corrected chi connectivity index (χ0v) is 12.6. The second-order valence-corrected chi connectivity index (χ2v) is 6.16. The van der Waals surface area contributed by atoms with Gasteiger partial charge in [-0.05, 0) is 33.1 Å². The van der Waals surface area contributed by atoms with Gasteiger partial charge in [-0.1, -0.05) is 0 Å². The van der Waals surface area contributed by atoms with Crippen LogP contribution in [0.1, 0.15) is 39.5 Å². The molecule has 4 amide bonds. The summed E-state index contributed by atoms with van der Waals surface area (Å²) in [6.45, 7) is 3.61. The van der Waals surface area contributed by atoms with E-state index in [4.69, 9.17) is 5.11 Å². The van der Waals surface area contributed by atoms with Gasteiger partial charge >= 0.3 is 6.03 Å². The van der Waals surface area contributed by atoms with Crippen LogP contribution in [0.25, 0.3) is 0 Å². The number of aliphatic hydroxyl groups is 1. The quantitative estimate of drug-likeness (QED) is 0.679. The van der Waals surface area contributed by atoms with Crippen molar-refractivity contribution in [2.45, 2.75) is 51.1 Å². The minimum absolute atomic E-state index is 0.0710. The number of urea groups is 1. The van der Waals surface area contributed by atoms with Gasteiger partial charge in [0.05, 0.1) is 6.61 Å². The SMILES string of the molecule is CC1(C)NC(=O)N(CCC(=O)N(CCO)C2CCC2)C1=O. The summed E-state index contributed by atoms with van der Waals surface area (Å²) in [5, 5.41) is 11.7. The number of amides is 4. The topological polar surface area (TPSA) is 90.0 Å². The molecule has 7 heteroatoms. The molecule has 0 radical (unpaired) electrons. The van der Waals surface area contributed by atoms with Crippen molar-refractivity contribution in [3.05, 3.63) is 0 Å². The summed E-state index contributed by atoms with van der Waals surface area (Å²) in [6, 6.07) is -0.251. The molecule has 1 saturated heterocycles. The van der Waals surface area contributed by atoms with Crippen LogP contribution >= 0.6 is 0 Å². The van der Waals surface area contributed by atoms with Crippen LogP contribution in [0.5, 0.6) is 0 Å². The summed E-state index contributed by atoms with van der Waals surface area (Å²) in [4.78, 5) is 38.8. The number of carbonyl (C=O) groups is 3. The highest BCUT2D eigenvalue weighted by Crippen LogP contribution is 2.25. The van der Waals surface area contributed by atoms with Crippen LogP contribution in [-0.2, 0) is 9.59 Å². The zero-order valence-electron chi connectivity index (χ0n) is 12.6. The smallest absolute Gasteiger partial charge is 0.325 e. The van der Waals surface area contributed by atoms with Crippen LogP contribution in [-0.4, -0.2) is 64.0 Å². The highest BCUT2D eigenvalue weighted by Gasteiger charge is 2.44. The van der Waals surface area contributed by atoms with Gasteiger partial charge in [0.15, 0.2) is 0 Å². The van der Waals surface area contributed by atoms with Crippen LogP contribution in [0, 0.1) is 0 Å². The first kappa shape index (κ1) is 15.8. The fourth-order valence-electron chi connectivity index (χ4n) is 2.69. The fourth-order valence-corrected chi connectivity index (χ4v) is 2.69. The molecule has 0 spiro atoms. The molecule has 2 fully saturated rings. The molecule has 0 unspecified atom stereocenters. The van der Waals surface area contributed by atoms with Crippen LogP contribution < -0.4 is 5.32 Å². The van der Waals surface area contributed by atoms with Crippen molar-refractivity contribution in [3.8, 4) is 0 Å². The first-order chi connectivity index (χ1) is 9.86. The molecule has 1 saturated carbocycles. The standard InChI is InChI=1S/C14H23N3O4/c1-14(2)12(20)17(13(21)15-14)7-6-11(19)16(8-9-18)10-4-3-5-10/h10,18H,3-9H2,1-2H3,(H,15,21). The van der Waals surface area contributed by atoms with Gasteiger partial charge < -0.3 is 15.3 Å². The van der Waals surface area contributed by atoms with E-state index in [0.29, 0.717) is 6.54 Å². The van der Waals surface area contributed by atoms with E-state index >= 15 is 0 Å². The molecular formula is C14H23N3O4. The highest BCUT2D eigenvalue weighted by atomic mass is 16.3. The average Bonchev–Trinajstić information content (AvgIpc) is 2.53. The van der Waals surface area contributed by atoms with Crippen molar-refractivity contribution in [3.63, 3.8) is 0 Å². The lowest BCUT2D eigenvalue weighted by Gasteiger charge is -2.37. The summed E-state index contributed by atoms with van der Waals surface area (Å²) in [6.07, 6.45) is 3.12. The van der Waals surface area contributed by atoms with E-state index in [1.165, 1.54) is 0 Å².